The molecule has 0 aliphatic carbocycles. The SMILES string of the molecule is Cc1c2c(nn1C)C(=O)N(c1ccc3c(c1)ncn3COCC[Si](C)(C)C)C2c1ccc(N2CC(F)C2)cc1F. The molecular formula is C29H34F2N6O2Si. The van der Waals surface area contributed by atoms with E-state index in [1.165, 1.54) is 6.07 Å². The monoisotopic (exact) mass is 564 g/mol. The number of ether oxygens (including phenoxy) is 1. The summed E-state index contributed by atoms with van der Waals surface area (Å²) in [6.07, 6.45) is 0.851. The maximum Gasteiger partial charge on any atom is 0.280 e. The van der Waals surface area contributed by atoms with Crippen molar-refractivity contribution in [2.24, 2.45) is 7.05 Å². The molecule has 2 aromatic carbocycles. The highest BCUT2D eigenvalue weighted by Gasteiger charge is 2.44. The van der Waals surface area contributed by atoms with Gasteiger partial charge >= 0.3 is 0 Å². The molecule has 11 heteroatoms. The van der Waals surface area contributed by atoms with Crippen LogP contribution in [0.4, 0.5) is 20.2 Å². The zero-order chi connectivity index (χ0) is 28.3. The number of hydrogen-bond donors (Lipinski definition) is 0. The van der Waals surface area contributed by atoms with E-state index in [0.717, 1.165) is 17.3 Å². The Morgan fingerprint density at radius 1 is 1.10 bits per heavy atom. The van der Waals surface area contributed by atoms with E-state index in [0.29, 0.717) is 47.1 Å². The van der Waals surface area contributed by atoms with Crippen molar-refractivity contribution in [1.29, 1.82) is 0 Å². The van der Waals surface area contributed by atoms with Crippen molar-refractivity contribution >= 4 is 36.4 Å². The second-order valence-corrected chi connectivity index (χ2v) is 17.6. The molecule has 0 N–H and O–H groups in total. The van der Waals surface area contributed by atoms with Crippen LogP contribution >= 0.6 is 0 Å². The number of carbonyl (C=O) groups is 1. The Hall–Kier alpha value is -3.57. The van der Waals surface area contributed by atoms with E-state index in [-0.39, 0.29) is 19.0 Å². The number of amides is 1. The molecule has 1 fully saturated rings. The highest BCUT2D eigenvalue weighted by atomic mass is 28.3. The fraction of sp³-hybridized carbons (Fsp3) is 0.414. The highest BCUT2D eigenvalue weighted by Crippen LogP contribution is 2.44. The molecule has 8 nitrogen and oxygen atoms in total. The van der Waals surface area contributed by atoms with Gasteiger partial charge in [0, 0.05) is 49.9 Å². The first-order valence-corrected chi connectivity index (χ1v) is 17.3. The van der Waals surface area contributed by atoms with Crippen molar-refractivity contribution in [2.45, 2.75) is 51.6 Å². The van der Waals surface area contributed by atoms with Gasteiger partial charge in [0.1, 0.15) is 18.7 Å². The molecule has 2 aliphatic heterocycles. The average molecular weight is 565 g/mol. The summed E-state index contributed by atoms with van der Waals surface area (Å²) in [7, 11) is 0.603. The lowest BCUT2D eigenvalue weighted by Crippen LogP contribution is -2.48. The third kappa shape index (κ3) is 4.60. The summed E-state index contributed by atoms with van der Waals surface area (Å²) in [6, 6.07) is 11.0. The lowest BCUT2D eigenvalue weighted by molar-refractivity contribution is 0.0898. The first-order chi connectivity index (χ1) is 19.0. The summed E-state index contributed by atoms with van der Waals surface area (Å²) in [5.74, 6) is -0.733. The van der Waals surface area contributed by atoms with E-state index in [2.05, 4.69) is 29.7 Å². The van der Waals surface area contributed by atoms with Gasteiger partial charge in [-0.05, 0) is 43.3 Å². The van der Waals surface area contributed by atoms with Crippen molar-refractivity contribution in [3.05, 3.63) is 71.1 Å². The van der Waals surface area contributed by atoms with E-state index < -0.39 is 26.1 Å². The maximum atomic E-state index is 15.7. The van der Waals surface area contributed by atoms with Crippen LogP contribution in [0.1, 0.15) is 33.4 Å². The molecule has 0 saturated carbocycles. The summed E-state index contributed by atoms with van der Waals surface area (Å²) in [5, 5.41) is 4.47. The van der Waals surface area contributed by atoms with Gasteiger partial charge in [-0.15, -0.1) is 0 Å². The van der Waals surface area contributed by atoms with Crippen LogP contribution in [0.3, 0.4) is 0 Å². The predicted molar refractivity (Wildman–Crippen MR) is 154 cm³/mol. The molecule has 40 heavy (non-hydrogen) atoms. The van der Waals surface area contributed by atoms with Crippen LogP contribution in [0, 0.1) is 12.7 Å². The van der Waals surface area contributed by atoms with Gasteiger partial charge in [0.05, 0.1) is 36.5 Å². The van der Waals surface area contributed by atoms with Crippen LogP contribution < -0.4 is 9.80 Å². The molecule has 2 aromatic heterocycles. The smallest absolute Gasteiger partial charge is 0.280 e. The van der Waals surface area contributed by atoms with Gasteiger partial charge in [-0.25, -0.2) is 13.8 Å². The summed E-state index contributed by atoms with van der Waals surface area (Å²) in [4.78, 5) is 21.7. The quantitative estimate of drug-likeness (QED) is 0.211. The minimum Gasteiger partial charge on any atom is -0.365 e. The molecule has 1 unspecified atom stereocenters. The van der Waals surface area contributed by atoms with Gasteiger partial charge in [0.25, 0.3) is 5.91 Å². The molecule has 6 rings (SSSR count). The molecule has 0 spiro atoms. The minimum absolute atomic E-state index is 0.259. The zero-order valence-corrected chi connectivity index (χ0v) is 24.5. The Kier molecular flexibility index (Phi) is 6.53. The van der Waals surface area contributed by atoms with Gasteiger partial charge in [0.2, 0.25) is 0 Å². The van der Waals surface area contributed by atoms with Crippen LogP contribution in [0.25, 0.3) is 11.0 Å². The van der Waals surface area contributed by atoms with Gasteiger partial charge in [-0.2, -0.15) is 5.10 Å². The summed E-state index contributed by atoms with van der Waals surface area (Å²) < 4.78 is 38.7. The Morgan fingerprint density at radius 2 is 1.85 bits per heavy atom. The largest absolute Gasteiger partial charge is 0.365 e. The molecule has 1 amide bonds. The van der Waals surface area contributed by atoms with Crippen LogP contribution in [0.15, 0.2) is 42.7 Å². The number of alkyl halides is 1. The summed E-state index contributed by atoms with van der Waals surface area (Å²) in [5.41, 5.74) is 5.02. The number of aromatic nitrogens is 4. The van der Waals surface area contributed by atoms with Crippen molar-refractivity contribution < 1.29 is 18.3 Å². The minimum atomic E-state index is -1.18. The van der Waals surface area contributed by atoms with Gasteiger partial charge in [-0.3, -0.25) is 14.4 Å². The predicted octanol–water partition coefficient (Wildman–Crippen LogP) is 5.44. The second kappa shape index (κ2) is 9.81. The van der Waals surface area contributed by atoms with Crippen LogP contribution in [0.2, 0.25) is 25.7 Å². The molecule has 1 atom stereocenters. The van der Waals surface area contributed by atoms with Crippen LogP contribution in [0.5, 0.6) is 0 Å². The molecule has 0 bridgehead atoms. The summed E-state index contributed by atoms with van der Waals surface area (Å²) in [6.45, 7) is 10.5. The number of carbonyl (C=O) groups excluding carboxylic acids is 1. The zero-order valence-electron chi connectivity index (χ0n) is 23.5. The van der Waals surface area contributed by atoms with Gasteiger partial charge in [0.15, 0.2) is 5.69 Å². The summed E-state index contributed by atoms with van der Waals surface area (Å²) >= 11 is 0. The van der Waals surface area contributed by atoms with Gasteiger partial charge < -0.3 is 14.2 Å². The Morgan fingerprint density at radius 3 is 2.55 bits per heavy atom. The Balaban J connectivity index is 1.33. The lowest BCUT2D eigenvalue weighted by atomic mass is 9.97. The number of imidazole rings is 1. The number of rotatable bonds is 8. The van der Waals surface area contributed by atoms with Crippen molar-refractivity contribution in [1.82, 2.24) is 19.3 Å². The molecule has 4 aromatic rings. The van der Waals surface area contributed by atoms with Crippen molar-refractivity contribution in [2.75, 3.05) is 29.5 Å². The third-order valence-corrected chi connectivity index (χ3v) is 9.63. The number of fused-ring (bicyclic) bond motifs is 2. The topological polar surface area (TPSA) is 68.4 Å². The Bertz CT molecular complexity index is 1600. The molecule has 210 valence electrons. The van der Waals surface area contributed by atoms with E-state index in [1.54, 1.807) is 40.0 Å². The maximum absolute atomic E-state index is 15.7. The molecule has 0 radical (unpaired) electrons. The molecular weight excluding hydrogens is 530 g/mol. The van der Waals surface area contributed by atoms with E-state index in [1.807, 2.05) is 29.7 Å². The van der Waals surface area contributed by atoms with E-state index in [9.17, 15) is 9.18 Å². The molecule has 2 aliphatic rings. The van der Waals surface area contributed by atoms with Gasteiger partial charge in [-0.1, -0.05) is 25.7 Å². The van der Waals surface area contributed by atoms with Crippen molar-refractivity contribution in [3.63, 3.8) is 0 Å². The third-order valence-electron chi connectivity index (χ3n) is 7.92. The van der Waals surface area contributed by atoms with Crippen LogP contribution in [-0.2, 0) is 18.5 Å². The normalized spacial score (nSPS) is 17.7. The molecule has 4 heterocycles. The number of anilines is 2. The fourth-order valence-corrected chi connectivity index (χ4v) is 6.20. The van der Waals surface area contributed by atoms with Crippen molar-refractivity contribution in [3.8, 4) is 0 Å². The molecule has 1 saturated heterocycles. The highest BCUT2D eigenvalue weighted by molar-refractivity contribution is 6.76. The van der Waals surface area contributed by atoms with Crippen LogP contribution in [-0.4, -0.2) is 59.2 Å². The lowest BCUT2D eigenvalue weighted by Gasteiger charge is -2.36. The number of halogens is 2. The standard InChI is InChI=1S/C29H34F2N6O2Si/c1-18-26-27(33-34(18)2)29(38)37(28(26)22-8-6-20(12-23(22)31)35-14-19(30)15-35)21-7-9-25-24(13-21)32-16-36(25)17-39-10-11-40(3,4)5/h6-9,12-13,16,19,28H,10-11,14-15,17H2,1-5H3. The number of benzene rings is 2. The number of aryl methyl sites for hydroxylation is 1. The number of nitrogens with zero attached hydrogens (tertiary/aromatic N) is 6. The Labute approximate surface area is 233 Å². The van der Waals surface area contributed by atoms with E-state index in [4.69, 9.17) is 4.74 Å². The first kappa shape index (κ1) is 26.6. The van der Waals surface area contributed by atoms with E-state index >= 15 is 4.39 Å². The number of hydrogen-bond acceptors (Lipinski definition) is 5. The average Bonchev–Trinajstić information content (AvgIpc) is 3.51. The second-order valence-electron chi connectivity index (χ2n) is 12.0. The fourth-order valence-electron chi connectivity index (χ4n) is 5.45. The first-order valence-electron chi connectivity index (χ1n) is 13.6.